The van der Waals surface area contributed by atoms with Gasteiger partial charge in [0.15, 0.2) is 6.61 Å². The molecule has 2 heterocycles. The Morgan fingerprint density at radius 1 is 1.12 bits per heavy atom. The molecule has 1 aromatic rings. The monoisotopic (exact) mass is 452 g/mol. The molecule has 1 aromatic carbocycles. The molecule has 0 spiro atoms. The quantitative estimate of drug-likeness (QED) is 0.365. The first kappa shape index (κ1) is 24.7. The average Bonchev–Trinajstić information content (AvgIpc) is 2.77. The Morgan fingerprint density at radius 3 is 2.67 bits per heavy atom. The van der Waals surface area contributed by atoms with Crippen LogP contribution in [0.4, 0.5) is 0 Å². The van der Waals surface area contributed by atoms with Gasteiger partial charge in [-0.15, -0.1) is 0 Å². The molecule has 0 saturated carbocycles. The van der Waals surface area contributed by atoms with Crippen molar-refractivity contribution >= 4 is 17.6 Å². The minimum atomic E-state index is -0.315. The van der Waals surface area contributed by atoms with Crippen LogP contribution in [0.25, 0.3) is 0 Å². The number of esters is 1. The molecular formula is C27H36N2O4. The van der Waals surface area contributed by atoms with Crippen LogP contribution in [0, 0.1) is 13.8 Å². The second-order valence-corrected chi connectivity index (χ2v) is 8.99. The first-order valence-electron chi connectivity index (χ1n) is 12.0. The number of likely N-dealkylation sites (tertiary alicyclic amines) is 1. The van der Waals surface area contributed by atoms with Gasteiger partial charge in [-0.2, -0.15) is 0 Å². The Kier molecular flexibility index (Phi) is 9.28. The van der Waals surface area contributed by atoms with Crippen LogP contribution in [0.15, 0.2) is 41.6 Å². The summed E-state index contributed by atoms with van der Waals surface area (Å²) in [7, 11) is 0. The molecule has 1 amide bonds. The van der Waals surface area contributed by atoms with Crippen LogP contribution in [0.5, 0.6) is 0 Å². The number of piperidine rings is 1. The summed E-state index contributed by atoms with van der Waals surface area (Å²) in [6.07, 6.45) is 14.1. The van der Waals surface area contributed by atoms with Crippen LogP contribution in [-0.2, 0) is 20.8 Å². The van der Waals surface area contributed by atoms with Crippen molar-refractivity contribution in [1.82, 2.24) is 4.90 Å². The minimum Gasteiger partial charge on any atom is -0.459 e. The van der Waals surface area contributed by atoms with E-state index in [0.29, 0.717) is 24.1 Å². The van der Waals surface area contributed by atoms with E-state index in [4.69, 9.17) is 9.57 Å². The van der Waals surface area contributed by atoms with Crippen LogP contribution in [0.1, 0.15) is 72.5 Å². The van der Waals surface area contributed by atoms with Gasteiger partial charge < -0.3 is 14.5 Å². The molecule has 0 radical (unpaired) electrons. The molecule has 0 bridgehead atoms. The highest BCUT2D eigenvalue weighted by molar-refractivity contribution is 6.00. The SMILES string of the molecule is Cc1cc(C)c2c(c1)CC(=N/OCC(=O)N1CCCCC1)/C=C/CC/C=C/C[C@@H](C)OC2=O. The second kappa shape index (κ2) is 12.4. The molecular weight excluding hydrogens is 416 g/mol. The highest BCUT2D eigenvalue weighted by Crippen LogP contribution is 2.21. The predicted molar refractivity (Wildman–Crippen MR) is 130 cm³/mol. The zero-order valence-electron chi connectivity index (χ0n) is 20.1. The predicted octanol–water partition coefficient (Wildman–Crippen LogP) is 5.07. The van der Waals surface area contributed by atoms with Crippen LogP contribution in [0.2, 0.25) is 0 Å². The smallest absolute Gasteiger partial charge is 0.338 e. The van der Waals surface area contributed by atoms with E-state index in [9.17, 15) is 9.59 Å². The van der Waals surface area contributed by atoms with Crippen molar-refractivity contribution in [1.29, 1.82) is 0 Å². The largest absolute Gasteiger partial charge is 0.459 e. The lowest BCUT2D eigenvalue weighted by molar-refractivity contribution is -0.137. The van der Waals surface area contributed by atoms with E-state index in [2.05, 4.69) is 23.4 Å². The van der Waals surface area contributed by atoms with Crippen molar-refractivity contribution in [3.63, 3.8) is 0 Å². The minimum absolute atomic E-state index is 0.0290. The topological polar surface area (TPSA) is 68.2 Å². The van der Waals surface area contributed by atoms with E-state index in [1.807, 2.05) is 43.9 Å². The lowest BCUT2D eigenvalue weighted by Crippen LogP contribution is -2.37. The Morgan fingerprint density at radius 2 is 1.88 bits per heavy atom. The fourth-order valence-electron chi connectivity index (χ4n) is 4.32. The Balaban J connectivity index is 1.83. The van der Waals surface area contributed by atoms with E-state index in [0.717, 1.165) is 55.5 Å². The van der Waals surface area contributed by atoms with Crippen molar-refractivity contribution in [2.24, 2.45) is 5.16 Å². The van der Waals surface area contributed by atoms with Crippen molar-refractivity contribution in [2.75, 3.05) is 19.7 Å². The molecule has 1 atom stereocenters. The number of oxime groups is 1. The van der Waals surface area contributed by atoms with E-state index < -0.39 is 0 Å². The van der Waals surface area contributed by atoms with Crippen molar-refractivity contribution < 1.29 is 19.2 Å². The summed E-state index contributed by atoms with van der Waals surface area (Å²) in [6.45, 7) is 7.37. The maximum absolute atomic E-state index is 13.0. The number of aryl methyl sites for hydroxylation is 2. The molecule has 178 valence electrons. The lowest BCUT2D eigenvalue weighted by atomic mass is 9.95. The van der Waals surface area contributed by atoms with Crippen LogP contribution < -0.4 is 0 Å². The third kappa shape index (κ3) is 7.58. The number of rotatable bonds is 3. The number of cyclic esters (lactones) is 1. The highest BCUT2D eigenvalue weighted by atomic mass is 16.6. The van der Waals surface area contributed by atoms with Gasteiger partial charge in [-0.3, -0.25) is 4.79 Å². The number of amides is 1. The molecule has 1 fully saturated rings. The maximum atomic E-state index is 13.0. The van der Waals surface area contributed by atoms with E-state index in [-0.39, 0.29) is 24.6 Å². The summed E-state index contributed by atoms with van der Waals surface area (Å²) in [5.41, 5.74) is 4.07. The zero-order valence-corrected chi connectivity index (χ0v) is 20.1. The fourth-order valence-corrected chi connectivity index (χ4v) is 4.32. The molecule has 6 nitrogen and oxygen atoms in total. The second-order valence-electron chi connectivity index (χ2n) is 8.99. The number of benzene rings is 1. The zero-order chi connectivity index (χ0) is 23.6. The Bertz CT molecular complexity index is 926. The molecule has 2 aliphatic rings. The Hall–Kier alpha value is -2.89. The molecule has 2 aliphatic heterocycles. The summed E-state index contributed by atoms with van der Waals surface area (Å²) in [6, 6.07) is 4.00. The van der Waals surface area contributed by atoms with Crippen molar-refractivity contribution in [3.05, 3.63) is 58.7 Å². The number of hydrogen-bond donors (Lipinski definition) is 0. The fraction of sp³-hybridized carbons (Fsp3) is 0.519. The van der Waals surface area contributed by atoms with Gasteiger partial charge in [0.25, 0.3) is 5.91 Å². The lowest BCUT2D eigenvalue weighted by Gasteiger charge is -2.26. The molecule has 6 heteroatoms. The van der Waals surface area contributed by atoms with Gasteiger partial charge in [-0.25, -0.2) is 4.79 Å². The van der Waals surface area contributed by atoms with Gasteiger partial charge in [0.05, 0.1) is 11.3 Å². The number of nitrogens with zero attached hydrogens (tertiary/aromatic N) is 2. The van der Waals surface area contributed by atoms with Crippen LogP contribution in [0.3, 0.4) is 0 Å². The van der Waals surface area contributed by atoms with Gasteiger partial charge in [0, 0.05) is 25.9 Å². The number of hydrogen-bond acceptors (Lipinski definition) is 5. The molecule has 1 saturated heterocycles. The van der Waals surface area contributed by atoms with Crippen molar-refractivity contribution in [2.45, 2.75) is 71.8 Å². The van der Waals surface area contributed by atoms with Gasteiger partial charge >= 0.3 is 5.97 Å². The average molecular weight is 453 g/mol. The van der Waals surface area contributed by atoms with Gasteiger partial charge in [-0.05, 0) is 70.1 Å². The maximum Gasteiger partial charge on any atom is 0.338 e. The van der Waals surface area contributed by atoms with Crippen molar-refractivity contribution in [3.8, 4) is 0 Å². The summed E-state index contributed by atoms with van der Waals surface area (Å²) in [5, 5.41) is 4.30. The number of carbonyl (C=O) groups is 2. The summed E-state index contributed by atoms with van der Waals surface area (Å²) >= 11 is 0. The third-order valence-corrected chi connectivity index (χ3v) is 5.97. The molecule has 0 N–H and O–H groups in total. The summed E-state index contributed by atoms with van der Waals surface area (Å²) in [4.78, 5) is 32.8. The first-order valence-corrected chi connectivity index (χ1v) is 12.0. The van der Waals surface area contributed by atoms with E-state index in [1.54, 1.807) is 0 Å². The third-order valence-electron chi connectivity index (χ3n) is 5.97. The Labute approximate surface area is 197 Å². The summed E-state index contributed by atoms with van der Waals surface area (Å²) in [5.74, 6) is -0.344. The summed E-state index contributed by atoms with van der Waals surface area (Å²) < 4.78 is 5.73. The number of ether oxygens (including phenoxy) is 1. The standard InChI is InChI=1S/C27H36N2O4/c1-20-16-21(2)26-23(17-20)18-24(28-32-19-25(30)29-14-10-7-11-15-29)13-9-6-4-5-8-12-22(3)33-27(26)31/h5,8-9,13,16-17,22H,4,6-7,10-12,14-15,18-19H2,1-3H3/b8-5+,13-9+,28-24+/t22-/m1/s1. The first-order chi connectivity index (χ1) is 15.9. The normalized spacial score (nSPS) is 23.2. The van der Waals surface area contributed by atoms with Crippen LogP contribution >= 0.6 is 0 Å². The molecule has 3 rings (SSSR count). The number of carbonyl (C=O) groups excluding carboxylic acids is 2. The van der Waals surface area contributed by atoms with E-state index in [1.165, 1.54) is 6.42 Å². The molecule has 33 heavy (non-hydrogen) atoms. The number of fused-ring (bicyclic) bond motifs is 1. The highest BCUT2D eigenvalue weighted by Gasteiger charge is 2.20. The van der Waals surface area contributed by atoms with Gasteiger partial charge in [0.1, 0.15) is 6.10 Å². The van der Waals surface area contributed by atoms with Gasteiger partial charge in [-0.1, -0.05) is 41.1 Å². The van der Waals surface area contributed by atoms with Gasteiger partial charge in [0.2, 0.25) is 0 Å². The van der Waals surface area contributed by atoms with Crippen LogP contribution in [-0.4, -0.2) is 48.3 Å². The molecule has 0 aromatic heterocycles. The molecule has 0 unspecified atom stereocenters. The number of allylic oxidation sites excluding steroid dienone is 3. The molecule has 0 aliphatic carbocycles. The van der Waals surface area contributed by atoms with E-state index >= 15 is 0 Å².